The average molecular weight is 249 g/mol. The molecule has 3 rings (SSSR count). The van der Waals surface area contributed by atoms with Gasteiger partial charge in [0.05, 0.1) is 12.2 Å². The third-order valence-electron chi connectivity index (χ3n) is 4.21. The minimum atomic E-state index is 0.582. The van der Waals surface area contributed by atoms with Crippen molar-refractivity contribution in [3.63, 3.8) is 0 Å². The molecule has 100 valence electrons. The summed E-state index contributed by atoms with van der Waals surface area (Å²) < 4.78 is 7.58. The molecule has 4 nitrogen and oxygen atoms in total. The van der Waals surface area contributed by atoms with E-state index in [1.807, 2.05) is 6.20 Å². The largest absolute Gasteiger partial charge is 0.381 e. The van der Waals surface area contributed by atoms with E-state index in [1.165, 1.54) is 44.5 Å². The first-order valence-corrected chi connectivity index (χ1v) is 7.12. The van der Waals surface area contributed by atoms with Crippen LogP contribution in [0.5, 0.6) is 0 Å². The highest BCUT2D eigenvalue weighted by Gasteiger charge is 2.26. The van der Waals surface area contributed by atoms with Crippen LogP contribution in [0.25, 0.3) is 0 Å². The highest BCUT2D eigenvalue weighted by molar-refractivity contribution is 5.01. The monoisotopic (exact) mass is 249 g/mol. The number of aromatic nitrogens is 2. The van der Waals surface area contributed by atoms with Crippen molar-refractivity contribution < 1.29 is 4.74 Å². The second kappa shape index (κ2) is 5.41. The molecule has 2 saturated heterocycles. The summed E-state index contributed by atoms with van der Waals surface area (Å²) in [6, 6.07) is 0.582. The minimum Gasteiger partial charge on any atom is -0.381 e. The summed E-state index contributed by atoms with van der Waals surface area (Å²) in [7, 11) is 0. The van der Waals surface area contributed by atoms with Crippen molar-refractivity contribution in [3.8, 4) is 0 Å². The Morgan fingerprint density at radius 2 is 2.17 bits per heavy atom. The average Bonchev–Trinajstić information content (AvgIpc) is 2.99. The predicted molar refractivity (Wildman–Crippen MR) is 70.6 cm³/mol. The van der Waals surface area contributed by atoms with E-state index in [-0.39, 0.29) is 0 Å². The molecule has 0 radical (unpaired) electrons. The number of rotatable bonds is 3. The Morgan fingerprint density at radius 3 is 2.89 bits per heavy atom. The van der Waals surface area contributed by atoms with Crippen LogP contribution in [-0.4, -0.2) is 47.5 Å². The fourth-order valence-corrected chi connectivity index (χ4v) is 3.12. The van der Waals surface area contributed by atoms with Crippen LogP contribution in [0.1, 0.15) is 30.9 Å². The summed E-state index contributed by atoms with van der Waals surface area (Å²) in [5.41, 5.74) is 1.26. The molecule has 0 aliphatic carbocycles. The van der Waals surface area contributed by atoms with Gasteiger partial charge in [0.1, 0.15) is 0 Å². The smallest absolute Gasteiger partial charge is 0.0658 e. The van der Waals surface area contributed by atoms with E-state index in [4.69, 9.17) is 4.74 Å². The topological polar surface area (TPSA) is 30.3 Å². The van der Waals surface area contributed by atoms with Crippen molar-refractivity contribution in [2.24, 2.45) is 5.92 Å². The SMILES string of the molecule is Cc1cnn(C2CCN(CC3CCOCC3)C2)c1. The van der Waals surface area contributed by atoms with Crippen LogP contribution in [0.4, 0.5) is 0 Å². The fraction of sp³-hybridized carbons (Fsp3) is 0.786. The maximum absolute atomic E-state index is 5.42. The summed E-state index contributed by atoms with van der Waals surface area (Å²) in [5.74, 6) is 0.844. The normalized spacial score (nSPS) is 26.8. The summed E-state index contributed by atoms with van der Waals surface area (Å²) in [4.78, 5) is 2.61. The molecule has 0 amide bonds. The summed E-state index contributed by atoms with van der Waals surface area (Å²) in [6.45, 7) is 7.67. The third kappa shape index (κ3) is 2.75. The van der Waals surface area contributed by atoms with Crippen LogP contribution in [0.15, 0.2) is 12.4 Å². The predicted octanol–water partition coefficient (Wildman–Crippen LogP) is 1.86. The van der Waals surface area contributed by atoms with E-state index in [1.54, 1.807) is 0 Å². The standard InChI is InChI=1S/C14H23N3O/c1-12-8-15-17(9-12)14-2-5-16(11-14)10-13-3-6-18-7-4-13/h8-9,13-14H,2-7,10-11H2,1H3. The van der Waals surface area contributed by atoms with E-state index in [2.05, 4.69) is 27.8 Å². The number of hydrogen-bond donors (Lipinski definition) is 0. The van der Waals surface area contributed by atoms with Gasteiger partial charge in [0, 0.05) is 39.0 Å². The third-order valence-corrected chi connectivity index (χ3v) is 4.21. The van der Waals surface area contributed by atoms with E-state index >= 15 is 0 Å². The summed E-state index contributed by atoms with van der Waals surface area (Å²) >= 11 is 0. The summed E-state index contributed by atoms with van der Waals surface area (Å²) in [6.07, 6.45) is 7.85. The molecule has 1 atom stereocenters. The van der Waals surface area contributed by atoms with Gasteiger partial charge in [-0.3, -0.25) is 4.68 Å². The molecule has 0 spiro atoms. The Balaban J connectivity index is 1.51. The molecule has 0 saturated carbocycles. The lowest BCUT2D eigenvalue weighted by atomic mass is 10.00. The molecule has 1 aromatic heterocycles. The van der Waals surface area contributed by atoms with Crippen molar-refractivity contribution >= 4 is 0 Å². The molecule has 1 aromatic rings. The van der Waals surface area contributed by atoms with Crippen molar-refractivity contribution in [1.29, 1.82) is 0 Å². The van der Waals surface area contributed by atoms with Gasteiger partial charge in [-0.05, 0) is 37.7 Å². The molecule has 2 aliphatic heterocycles. The number of ether oxygens (including phenoxy) is 1. The quantitative estimate of drug-likeness (QED) is 0.819. The van der Waals surface area contributed by atoms with Crippen LogP contribution >= 0.6 is 0 Å². The van der Waals surface area contributed by atoms with Crippen LogP contribution < -0.4 is 0 Å². The number of likely N-dealkylation sites (tertiary alicyclic amines) is 1. The maximum Gasteiger partial charge on any atom is 0.0658 e. The second-order valence-corrected chi connectivity index (χ2v) is 5.76. The van der Waals surface area contributed by atoms with Crippen LogP contribution in [0, 0.1) is 12.8 Å². The molecule has 1 unspecified atom stereocenters. The Labute approximate surface area is 109 Å². The van der Waals surface area contributed by atoms with Gasteiger partial charge in [-0.1, -0.05) is 0 Å². The van der Waals surface area contributed by atoms with Gasteiger partial charge >= 0.3 is 0 Å². The van der Waals surface area contributed by atoms with Gasteiger partial charge in [-0.2, -0.15) is 5.10 Å². The van der Waals surface area contributed by atoms with Gasteiger partial charge in [0.2, 0.25) is 0 Å². The Hall–Kier alpha value is -0.870. The van der Waals surface area contributed by atoms with Gasteiger partial charge in [-0.25, -0.2) is 0 Å². The number of hydrogen-bond acceptors (Lipinski definition) is 3. The first-order valence-electron chi connectivity index (χ1n) is 7.12. The molecule has 18 heavy (non-hydrogen) atoms. The van der Waals surface area contributed by atoms with Gasteiger partial charge in [0.25, 0.3) is 0 Å². The Morgan fingerprint density at radius 1 is 1.33 bits per heavy atom. The fourth-order valence-electron chi connectivity index (χ4n) is 3.12. The summed E-state index contributed by atoms with van der Waals surface area (Å²) in [5, 5.41) is 4.45. The first kappa shape index (κ1) is 12.2. The Kier molecular flexibility index (Phi) is 3.66. The molecular weight excluding hydrogens is 226 g/mol. The molecule has 2 aliphatic rings. The van der Waals surface area contributed by atoms with E-state index < -0.39 is 0 Å². The van der Waals surface area contributed by atoms with Gasteiger partial charge < -0.3 is 9.64 Å². The number of aryl methyl sites for hydroxylation is 1. The molecule has 0 N–H and O–H groups in total. The zero-order valence-corrected chi connectivity index (χ0v) is 11.2. The van der Waals surface area contributed by atoms with Crippen LogP contribution in [0.2, 0.25) is 0 Å². The zero-order chi connectivity index (χ0) is 12.4. The van der Waals surface area contributed by atoms with E-state index in [0.29, 0.717) is 6.04 Å². The highest BCUT2D eigenvalue weighted by Crippen LogP contribution is 2.24. The Bertz CT molecular complexity index is 384. The van der Waals surface area contributed by atoms with E-state index in [9.17, 15) is 0 Å². The molecule has 2 fully saturated rings. The van der Waals surface area contributed by atoms with E-state index in [0.717, 1.165) is 19.1 Å². The van der Waals surface area contributed by atoms with Crippen molar-refractivity contribution in [2.45, 2.75) is 32.2 Å². The van der Waals surface area contributed by atoms with Crippen molar-refractivity contribution in [1.82, 2.24) is 14.7 Å². The van der Waals surface area contributed by atoms with Gasteiger partial charge in [0.15, 0.2) is 0 Å². The molecule has 3 heterocycles. The van der Waals surface area contributed by atoms with Crippen LogP contribution in [0.3, 0.4) is 0 Å². The molecular formula is C14H23N3O. The lowest BCUT2D eigenvalue weighted by Crippen LogP contribution is -2.31. The highest BCUT2D eigenvalue weighted by atomic mass is 16.5. The van der Waals surface area contributed by atoms with Crippen molar-refractivity contribution in [2.75, 3.05) is 32.8 Å². The van der Waals surface area contributed by atoms with Gasteiger partial charge in [-0.15, -0.1) is 0 Å². The lowest BCUT2D eigenvalue weighted by molar-refractivity contribution is 0.0551. The van der Waals surface area contributed by atoms with Crippen LogP contribution in [-0.2, 0) is 4.74 Å². The number of nitrogens with zero attached hydrogens (tertiary/aromatic N) is 3. The molecule has 0 bridgehead atoms. The zero-order valence-electron chi connectivity index (χ0n) is 11.2. The molecule has 0 aromatic carbocycles. The first-order chi connectivity index (χ1) is 8.81. The lowest BCUT2D eigenvalue weighted by Gasteiger charge is -2.26. The van der Waals surface area contributed by atoms with Crippen molar-refractivity contribution in [3.05, 3.63) is 18.0 Å². The minimum absolute atomic E-state index is 0.582. The maximum atomic E-state index is 5.42. The second-order valence-electron chi connectivity index (χ2n) is 5.76. The molecule has 4 heteroatoms.